The molecular formula is C22H30N4O2. The Morgan fingerprint density at radius 3 is 2.82 bits per heavy atom. The molecule has 1 saturated heterocycles. The molecule has 3 rings (SSSR count). The van der Waals surface area contributed by atoms with Gasteiger partial charge in [0.15, 0.2) is 0 Å². The molecule has 2 heterocycles. The van der Waals surface area contributed by atoms with E-state index in [0.29, 0.717) is 24.7 Å². The molecule has 0 aliphatic carbocycles. The highest BCUT2D eigenvalue weighted by Crippen LogP contribution is 2.18. The third kappa shape index (κ3) is 5.76. The van der Waals surface area contributed by atoms with Crippen LogP contribution in [0.25, 0.3) is 0 Å². The van der Waals surface area contributed by atoms with E-state index in [2.05, 4.69) is 46.5 Å². The molecule has 1 aliphatic rings. The highest BCUT2D eigenvalue weighted by atomic mass is 16.2. The third-order valence-electron chi connectivity index (χ3n) is 5.23. The number of aromatic nitrogens is 2. The predicted octanol–water partition coefficient (Wildman–Crippen LogP) is 2.69. The van der Waals surface area contributed by atoms with E-state index in [1.807, 2.05) is 6.07 Å². The molecule has 0 saturated carbocycles. The van der Waals surface area contributed by atoms with Gasteiger partial charge < -0.3 is 5.32 Å². The zero-order valence-corrected chi connectivity index (χ0v) is 16.6. The number of likely N-dealkylation sites (tertiary alicyclic amines) is 1. The van der Waals surface area contributed by atoms with Crippen molar-refractivity contribution < 1.29 is 4.79 Å². The van der Waals surface area contributed by atoms with E-state index in [4.69, 9.17) is 0 Å². The Balaban J connectivity index is 1.52. The number of hydrogen-bond acceptors (Lipinski definition) is 4. The largest absolute Gasteiger partial charge is 0.350 e. The second kappa shape index (κ2) is 10.2. The normalized spacial score (nSPS) is 17.4. The molecular weight excluding hydrogens is 352 g/mol. The van der Waals surface area contributed by atoms with E-state index in [9.17, 15) is 9.59 Å². The van der Waals surface area contributed by atoms with E-state index in [-0.39, 0.29) is 11.5 Å². The fraction of sp³-hybridized carbons (Fsp3) is 0.500. The maximum absolute atomic E-state index is 12.5. The summed E-state index contributed by atoms with van der Waals surface area (Å²) in [5.74, 6) is 0.234. The lowest BCUT2D eigenvalue weighted by Crippen LogP contribution is -2.41. The second-order valence-corrected chi connectivity index (χ2v) is 7.57. The molecule has 0 radical (unpaired) electrons. The van der Waals surface area contributed by atoms with E-state index >= 15 is 0 Å². The molecule has 1 aromatic carbocycles. The van der Waals surface area contributed by atoms with Gasteiger partial charge in [0, 0.05) is 32.2 Å². The van der Waals surface area contributed by atoms with Crippen LogP contribution in [0.3, 0.4) is 0 Å². The van der Waals surface area contributed by atoms with Crippen LogP contribution in [0.5, 0.6) is 0 Å². The van der Waals surface area contributed by atoms with Gasteiger partial charge in [0.05, 0.1) is 0 Å². The minimum Gasteiger partial charge on any atom is -0.350 e. The van der Waals surface area contributed by atoms with Crippen LogP contribution in [0.4, 0.5) is 0 Å². The highest BCUT2D eigenvalue weighted by Gasteiger charge is 2.21. The van der Waals surface area contributed by atoms with Crippen LogP contribution in [0.1, 0.15) is 48.7 Å². The van der Waals surface area contributed by atoms with Crippen molar-refractivity contribution in [3.63, 3.8) is 0 Å². The molecule has 0 bridgehead atoms. The smallest absolute Gasteiger partial charge is 0.271 e. The molecule has 1 atom stereocenters. The predicted molar refractivity (Wildman–Crippen MR) is 110 cm³/mol. The quantitative estimate of drug-likeness (QED) is 0.762. The molecule has 2 aromatic rings. The first-order valence-electron chi connectivity index (χ1n) is 10.3. The molecule has 1 fully saturated rings. The van der Waals surface area contributed by atoms with Crippen LogP contribution in [0, 0.1) is 5.92 Å². The van der Waals surface area contributed by atoms with Crippen LogP contribution in [-0.2, 0) is 13.1 Å². The topological polar surface area (TPSA) is 67.2 Å². The van der Waals surface area contributed by atoms with Crippen molar-refractivity contribution in [3.8, 4) is 0 Å². The lowest BCUT2D eigenvalue weighted by molar-refractivity contribution is 0.0923. The summed E-state index contributed by atoms with van der Waals surface area (Å²) in [6.07, 6.45) is 4.12. The number of unbranched alkanes of at least 4 members (excludes halogenated alkanes) is 1. The van der Waals surface area contributed by atoms with Crippen molar-refractivity contribution in [2.45, 2.75) is 45.7 Å². The van der Waals surface area contributed by atoms with Crippen molar-refractivity contribution in [1.29, 1.82) is 0 Å². The number of amides is 1. The molecule has 0 spiro atoms. The lowest BCUT2D eigenvalue weighted by Gasteiger charge is -2.32. The summed E-state index contributed by atoms with van der Waals surface area (Å²) in [5.41, 5.74) is 1.48. The van der Waals surface area contributed by atoms with Crippen molar-refractivity contribution in [3.05, 3.63) is 64.1 Å². The monoisotopic (exact) mass is 382 g/mol. The number of nitrogens with zero attached hydrogens (tertiary/aromatic N) is 3. The SMILES string of the molecule is CCCCn1nc(C(=O)NCC2CCCN(Cc3ccccc3)C2)ccc1=O. The minimum absolute atomic E-state index is 0.158. The molecule has 1 amide bonds. The summed E-state index contributed by atoms with van der Waals surface area (Å²) in [4.78, 5) is 26.8. The molecule has 1 aliphatic heterocycles. The molecule has 1 N–H and O–H groups in total. The summed E-state index contributed by atoms with van der Waals surface area (Å²) in [5, 5.41) is 7.24. The van der Waals surface area contributed by atoms with Crippen LogP contribution in [-0.4, -0.2) is 40.2 Å². The Hall–Kier alpha value is -2.47. The second-order valence-electron chi connectivity index (χ2n) is 7.57. The molecule has 6 heteroatoms. The Bertz CT molecular complexity index is 819. The first-order valence-corrected chi connectivity index (χ1v) is 10.3. The Morgan fingerprint density at radius 1 is 1.21 bits per heavy atom. The number of carbonyl (C=O) groups excluding carboxylic acids is 1. The summed E-state index contributed by atoms with van der Waals surface area (Å²) >= 11 is 0. The molecule has 150 valence electrons. The van der Waals surface area contributed by atoms with Gasteiger partial charge in [-0.1, -0.05) is 43.7 Å². The molecule has 1 unspecified atom stereocenters. The van der Waals surface area contributed by atoms with Crippen molar-refractivity contribution >= 4 is 5.91 Å². The zero-order valence-electron chi connectivity index (χ0n) is 16.6. The number of carbonyl (C=O) groups is 1. The standard InChI is InChI=1S/C22H30N4O2/c1-2-3-14-26-21(27)12-11-20(24-26)22(28)23-15-19-10-7-13-25(17-19)16-18-8-5-4-6-9-18/h4-6,8-9,11-12,19H,2-3,7,10,13-17H2,1H3,(H,23,28). The van der Waals surface area contributed by atoms with Crippen LogP contribution in [0.2, 0.25) is 0 Å². The van der Waals surface area contributed by atoms with Gasteiger partial charge in [0.1, 0.15) is 5.69 Å². The number of benzene rings is 1. The first-order chi connectivity index (χ1) is 13.7. The lowest BCUT2D eigenvalue weighted by atomic mass is 9.97. The molecule has 28 heavy (non-hydrogen) atoms. The van der Waals surface area contributed by atoms with E-state index < -0.39 is 0 Å². The van der Waals surface area contributed by atoms with E-state index in [1.54, 1.807) is 0 Å². The fourth-order valence-corrected chi connectivity index (χ4v) is 3.67. The summed E-state index contributed by atoms with van der Waals surface area (Å²) in [7, 11) is 0. The zero-order chi connectivity index (χ0) is 19.8. The van der Waals surface area contributed by atoms with Crippen LogP contribution >= 0.6 is 0 Å². The maximum Gasteiger partial charge on any atom is 0.271 e. The van der Waals surface area contributed by atoms with Crippen LogP contribution in [0.15, 0.2) is 47.3 Å². The average Bonchev–Trinajstić information content (AvgIpc) is 2.72. The molecule has 1 aromatic heterocycles. The average molecular weight is 383 g/mol. The van der Waals surface area contributed by atoms with Gasteiger partial charge in [-0.2, -0.15) is 5.10 Å². The summed E-state index contributed by atoms with van der Waals surface area (Å²) in [6, 6.07) is 13.4. The molecule has 6 nitrogen and oxygen atoms in total. The van der Waals surface area contributed by atoms with E-state index in [0.717, 1.165) is 45.3 Å². The number of piperidine rings is 1. The number of nitrogens with one attached hydrogen (secondary N) is 1. The van der Waals surface area contributed by atoms with Crippen molar-refractivity contribution in [2.24, 2.45) is 5.92 Å². The fourth-order valence-electron chi connectivity index (χ4n) is 3.67. The Morgan fingerprint density at radius 2 is 2.04 bits per heavy atom. The van der Waals surface area contributed by atoms with Gasteiger partial charge in [-0.05, 0) is 43.4 Å². The number of hydrogen-bond donors (Lipinski definition) is 1. The third-order valence-corrected chi connectivity index (χ3v) is 5.23. The van der Waals surface area contributed by atoms with E-state index in [1.165, 1.54) is 22.4 Å². The van der Waals surface area contributed by atoms with Crippen molar-refractivity contribution in [1.82, 2.24) is 20.0 Å². The van der Waals surface area contributed by atoms with Gasteiger partial charge in [0.25, 0.3) is 11.5 Å². The summed E-state index contributed by atoms with van der Waals surface area (Å²) in [6.45, 7) is 6.29. The maximum atomic E-state index is 12.5. The Labute approximate surface area is 166 Å². The first kappa shape index (κ1) is 20.3. The van der Waals surface area contributed by atoms with Gasteiger partial charge in [0.2, 0.25) is 0 Å². The van der Waals surface area contributed by atoms with Crippen molar-refractivity contribution in [2.75, 3.05) is 19.6 Å². The highest BCUT2D eigenvalue weighted by molar-refractivity contribution is 5.91. The van der Waals surface area contributed by atoms with Gasteiger partial charge in [-0.3, -0.25) is 14.5 Å². The number of rotatable bonds is 8. The van der Waals surface area contributed by atoms with Gasteiger partial charge in [-0.15, -0.1) is 0 Å². The Kier molecular flexibility index (Phi) is 7.37. The number of aryl methyl sites for hydroxylation is 1. The van der Waals surface area contributed by atoms with Gasteiger partial charge >= 0.3 is 0 Å². The van der Waals surface area contributed by atoms with Gasteiger partial charge in [-0.25, -0.2) is 4.68 Å². The van der Waals surface area contributed by atoms with Crippen LogP contribution < -0.4 is 10.9 Å². The minimum atomic E-state index is -0.203. The summed E-state index contributed by atoms with van der Waals surface area (Å²) < 4.78 is 1.39.